The van der Waals surface area contributed by atoms with Crippen molar-refractivity contribution in [1.29, 1.82) is 0 Å². The van der Waals surface area contributed by atoms with Gasteiger partial charge in [0.05, 0.1) is 30.9 Å². The fourth-order valence-corrected chi connectivity index (χ4v) is 3.61. The molecule has 1 saturated heterocycles. The second-order valence-corrected chi connectivity index (χ2v) is 5.73. The lowest BCUT2D eigenvalue weighted by Gasteiger charge is -2.25. The Morgan fingerprint density at radius 1 is 1.11 bits per heavy atom. The van der Waals surface area contributed by atoms with Crippen LogP contribution < -0.4 is 0 Å². The van der Waals surface area contributed by atoms with Gasteiger partial charge in [0.1, 0.15) is 0 Å². The van der Waals surface area contributed by atoms with Crippen LogP contribution in [-0.4, -0.2) is 13.2 Å². The smallest absolute Gasteiger partial charge is 0.270 e. The Bertz CT molecular complexity index is 591. The van der Waals surface area contributed by atoms with Gasteiger partial charge in [0, 0.05) is 0 Å². The lowest BCUT2D eigenvalue weighted by molar-refractivity contribution is 0.0656. The summed E-state index contributed by atoms with van der Waals surface area (Å²) in [6.45, 7) is 8.96. The van der Waals surface area contributed by atoms with E-state index in [0.717, 1.165) is 12.8 Å². The van der Waals surface area contributed by atoms with Gasteiger partial charge in [-0.3, -0.25) is 0 Å². The van der Waals surface area contributed by atoms with Crippen molar-refractivity contribution in [2.24, 2.45) is 0 Å². The Balaban J connectivity index is 1.95. The molecule has 3 rings (SSSR count). The van der Waals surface area contributed by atoms with Crippen LogP contribution in [0, 0.1) is 6.57 Å². The van der Waals surface area contributed by atoms with Crippen molar-refractivity contribution in [1.82, 2.24) is 0 Å². The van der Waals surface area contributed by atoms with Crippen LogP contribution in [0.25, 0.3) is 16.0 Å². The van der Waals surface area contributed by atoms with E-state index in [9.17, 15) is 0 Å². The van der Waals surface area contributed by atoms with E-state index >= 15 is 0 Å². The maximum atomic E-state index is 7.57. The topological polar surface area (TPSA) is 13.6 Å². The normalized spacial score (nSPS) is 17.8. The molecule has 19 heavy (non-hydrogen) atoms. The zero-order valence-electron chi connectivity index (χ0n) is 10.6. The van der Waals surface area contributed by atoms with E-state index in [1.165, 1.54) is 16.0 Å². The Hall–Kier alpha value is -1.63. The van der Waals surface area contributed by atoms with Crippen LogP contribution in [0.3, 0.4) is 0 Å². The molecule has 2 nitrogen and oxygen atoms in total. The molecule has 2 aromatic rings. The van der Waals surface area contributed by atoms with Gasteiger partial charge in [-0.25, -0.2) is 6.57 Å². The van der Waals surface area contributed by atoms with Crippen LogP contribution in [0.15, 0.2) is 41.8 Å². The van der Waals surface area contributed by atoms with E-state index < -0.39 is 0 Å². The average molecular weight is 269 g/mol. The van der Waals surface area contributed by atoms with E-state index in [1.807, 2.05) is 18.2 Å². The number of rotatable bonds is 2. The van der Waals surface area contributed by atoms with Crippen LogP contribution in [0.5, 0.6) is 0 Å². The third kappa shape index (κ3) is 2.30. The van der Waals surface area contributed by atoms with Gasteiger partial charge in [-0.15, -0.1) is 11.3 Å². The minimum absolute atomic E-state index is 0.351. The van der Waals surface area contributed by atoms with Crippen LogP contribution >= 0.6 is 11.3 Å². The van der Waals surface area contributed by atoms with Crippen LogP contribution in [0.2, 0.25) is 0 Å². The molecule has 0 radical (unpaired) electrons. The lowest BCUT2D eigenvalue weighted by Crippen LogP contribution is -2.29. The molecule has 0 spiro atoms. The van der Waals surface area contributed by atoms with Crippen molar-refractivity contribution in [2.75, 3.05) is 13.2 Å². The largest absolute Gasteiger partial charge is 0.381 e. The summed E-state index contributed by atoms with van der Waals surface area (Å²) in [5, 5.41) is 2.16. The molecule has 0 bridgehead atoms. The highest BCUT2D eigenvalue weighted by Crippen LogP contribution is 2.41. The van der Waals surface area contributed by atoms with Gasteiger partial charge >= 0.3 is 0 Å². The monoisotopic (exact) mass is 269 g/mol. The highest BCUT2D eigenvalue weighted by atomic mass is 32.1. The Labute approximate surface area is 117 Å². The third-order valence-corrected chi connectivity index (χ3v) is 4.82. The molecule has 1 aliphatic rings. The highest BCUT2D eigenvalue weighted by molar-refractivity contribution is 7.10. The van der Waals surface area contributed by atoms with Gasteiger partial charge in [0.15, 0.2) is 0 Å². The zero-order chi connectivity index (χ0) is 13.1. The molecular weight excluding hydrogens is 254 g/mol. The number of benzene rings is 1. The quantitative estimate of drug-likeness (QED) is 0.739. The maximum absolute atomic E-state index is 7.57. The molecule has 1 aliphatic heterocycles. The third-order valence-electron chi connectivity index (χ3n) is 3.70. The van der Waals surface area contributed by atoms with Crippen LogP contribution in [-0.2, 0) is 10.3 Å². The molecular formula is C16H15NOS. The summed E-state index contributed by atoms with van der Waals surface area (Å²) < 4.78 is 5.40. The Morgan fingerprint density at radius 3 is 2.53 bits per heavy atom. The summed E-state index contributed by atoms with van der Waals surface area (Å²) in [7, 11) is 0. The summed E-state index contributed by atoms with van der Waals surface area (Å²) >= 11 is 1.71. The van der Waals surface area contributed by atoms with Gasteiger partial charge in [0.2, 0.25) is 0 Å². The first kappa shape index (κ1) is 12.4. The van der Waals surface area contributed by atoms with Crippen molar-refractivity contribution >= 4 is 11.3 Å². The van der Waals surface area contributed by atoms with E-state index in [2.05, 4.69) is 28.4 Å². The summed E-state index contributed by atoms with van der Waals surface area (Å²) in [6, 6.07) is 12.5. The van der Waals surface area contributed by atoms with E-state index in [1.54, 1.807) is 11.3 Å². The maximum Gasteiger partial charge on any atom is 0.270 e. The molecule has 1 aromatic heterocycles. The molecule has 3 heteroatoms. The standard InChI is InChI=1S/C16H15NOS/c1-17-16(7-9-18-10-8-16)15-11-14(12-19-15)13-5-3-2-4-6-13/h2-6,11-12H,7-10H2. The number of ether oxygens (including phenoxy) is 1. The van der Waals surface area contributed by atoms with E-state index in [-0.39, 0.29) is 5.54 Å². The molecule has 0 saturated carbocycles. The fraction of sp³-hybridized carbons (Fsp3) is 0.312. The Kier molecular flexibility index (Phi) is 3.37. The fourth-order valence-electron chi connectivity index (χ4n) is 2.48. The van der Waals surface area contributed by atoms with Crippen molar-refractivity contribution in [3.63, 3.8) is 0 Å². The number of hydrogen-bond donors (Lipinski definition) is 0. The lowest BCUT2D eigenvalue weighted by atomic mass is 9.89. The molecule has 1 fully saturated rings. The highest BCUT2D eigenvalue weighted by Gasteiger charge is 2.42. The van der Waals surface area contributed by atoms with Crippen LogP contribution in [0.4, 0.5) is 0 Å². The van der Waals surface area contributed by atoms with Gasteiger partial charge < -0.3 is 9.58 Å². The Morgan fingerprint density at radius 2 is 1.84 bits per heavy atom. The first-order valence-corrected chi connectivity index (χ1v) is 7.33. The predicted molar refractivity (Wildman–Crippen MR) is 78.1 cm³/mol. The van der Waals surface area contributed by atoms with Crippen molar-refractivity contribution in [3.05, 3.63) is 58.1 Å². The SMILES string of the molecule is [C-]#[N+]C1(c2cc(-c3ccccc3)cs2)CCOCC1. The minimum Gasteiger partial charge on any atom is -0.381 e. The average Bonchev–Trinajstić information content (AvgIpc) is 2.99. The van der Waals surface area contributed by atoms with Gasteiger partial charge in [0.25, 0.3) is 5.54 Å². The van der Waals surface area contributed by atoms with Crippen molar-refractivity contribution < 1.29 is 4.74 Å². The number of hydrogen-bond acceptors (Lipinski definition) is 2. The van der Waals surface area contributed by atoms with Crippen molar-refractivity contribution in [2.45, 2.75) is 18.4 Å². The molecule has 0 unspecified atom stereocenters. The second-order valence-electron chi connectivity index (χ2n) is 4.82. The van der Waals surface area contributed by atoms with Crippen molar-refractivity contribution in [3.8, 4) is 11.1 Å². The molecule has 2 heterocycles. The minimum atomic E-state index is -0.351. The molecule has 1 aromatic carbocycles. The van der Waals surface area contributed by atoms with Crippen LogP contribution in [0.1, 0.15) is 17.7 Å². The summed E-state index contributed by atoms with van der Waals surface area (Å²) in [6.07, 6.45) is 1.62. The number of nitrogens with zero attached hydrogens (tertiary/aromatic N) is 1. The first-order valence-electron chi connectivity index (χ1n) is 6.45. The van der Waals surface area contributed by atoms with Gasteiger partial charge in [-0.05, 0) is 22.6 Å². The second kappa shape index (κ2) is 5.16. The number of thiophene rings is 1. The van der Waals surface area contributed by atoms with Gasteiger partial charge in [-0.1, -0.05) is 30.3 Å². The molecule has 96 valence electrons. The summed E-state index contributed by atoms with van der Waals surface area (Å²) in [5.74, 6) is 0. The summed E-state index contributed by atoms with van der Waals surface area (Å²) in [5.41, 5.74) is 2.09. The summed E-state index contributed by atoms with van der Waals surface area (Å²) in [4.78, 5) is 5.12. The zero-order valence-corrected chi connectivity index (χ0v) is 11.5. The van der Waals surface area contributed by atoms with E-state index in [4.69, 9.17) is 11.3 Å². The molecule has 0 atom stereocenters. The predicted octanol–water partition coefficient (Wildman–Crippen LogP) is 4.34. The first-order chi connectivity index (χ1) is 9.34. The van der Waals surface area contributed by atoms with E-state index in [0.29, 0.717) is 13.2 Å². The molecule has 0 amide bonds. The molecule has 0 N–H and O–H groups in total. The van der Waals surface area contributed by atoms with Gasteiger partial charge in [-0.2, -0.15) is 0 Å². The molecule has 0 aliphatic carbocycles.